The summed E-state index contributed by atoms with van der Waals surface area (Å²) < 4.78 is 38.4. The molecule has 1 aliphatic heterocycles. The fraction of sp³-hybridized carbons (Fsp3) is 0.417. The van der Waals surface area contributed by atoms with Crippen molar-refractivity contribution in [2.45, 2.75) is 6.18 Å². The second-order valence-electron chi connectivity index (χ2n) is 4.54. The number of pyridine rings is 1. The zero-order valence-electron chi connectivity index (χ0n) is 10.2. The zero-order valence-corrected chi connectivity index (χ0v) is 10.2. The maximum absolute atomic E-state index is 12.8. The van der Waals surface area contributed by atoms with Crippen LogP contribution in [0, 0.1) is 11.8 Å². The third-order valence-electron chi connectivity index (χ3n) is 3.25. The van der Waals surface area contributed by atoms with E-state index >= 15 is 0 Å². The van der Waals surface area contributed by atoms with Crippen LogP contribution in [0.4, 0.5) is 13.2 Å². The lowest BCUT2D eigenvalue weighted by molar-refractivity contribution is -0.187. The Morgan fingerprint density at radius 2 is 2.05 bits per heavy atom. The Bertz CT molecular complexity index is 518. The fourth-order valence-electron chi connectivity index (χ4n) is 2.22. The predicted octanol–water partition coefficient (Wildman–Crippen LogP) is 1.42. The van der Waals surface area contributed by atoms with E-state index in [4.69, 9.17) is 5.11 Å². The maximum atomic E-state index is 12.8. The summed E-state index contributed by atoms with van der Waals surface area (Å²) in [7, 11) is 0. The molecule has 1 fully saturated rings. The minimum absolute atomic E-state index is 0.138. The van der Waals surface area contributed by atoms with Crippen LogP contribution in [-0.4, -0.2) is 46.1 Å². The number of carboxylic acid groups (broad SMARTS) is 1. The molecule has 0 unspecified atom stereocenters. The van der Waals surface area contributed by atoms with Crippen molar-refractivity contribution in [2.24, 2.45) is 11.8 Å². The Hall–Kier alpha value is -2.12. The molecular formula is C12H11F3N2O3. The van der Waals surface area contributed by atoms with Crippen molar-refractivity contribution in [3.05, 3.63) is 30.1 Å². The summed E-state index contributed by atoms with van der Waals surface area (Å²) in [5.74, 6) is -5.86. The van der Waals surface area contributed by atoms with Gasteiger partial charge in [0.25, 0.3) is 5.91 Å². The molecule has 0 aliphatic carbocycles. The van der Waals surface area contributed by atoms with E-state index in [1.807, 2.05) is 0 Å². The van der Waals surface area contributed by atoms with E-state index in [9.17, 15) is 22.8 Å². The molecule has 1 saturated heterocycles. The number of alkyl halides is 3. The number of rotatable bonds is 2. The van der Waals surface area contributed by atoms with Gasteiger partial charge in [-0.25, -0.2) is 0 Å². The van der Waals surface area contributed by atoms with Crippen molar-refractivity contribution in [2.75, 3.05) is 13.1 Å². The third-order valence-corrected chi connectivity index (χ3v) is 3.25. The second kappa shape index (κ2) is 5.10. The van der Waals surface area contributed by atoms with Crippen LogP contribution in [0.1, 0.15) is 10.4 Å². The Morgan fingerprint density at radius 3 is 2.50 bits per heavy atom. The van der Waals surface area contributed by atoms with Gasteiger partial charge in [0.15, 0.2) is 0 Å². The van der Waals surface area contributed by atoms with E-state index in [0.717, 1.165) is 4.90 Å². The van der Waals surface area contributed by atoms with Crippen LogP contribution in [0.25, 0.3) is 0 Å². The first-order chi connectivity index (χ1) is 9.30. The molecule has 2 heterocycles. The van der Waals surface area contributed by atoms with Crippen LogP contribution >= 0.6 is 0 Å². The predicted molar refractivity (Wildman–Crippen MR) is 60.8 cm³/mol. The van der Waals surface area contributed by atoms with Gasteiger partial charge < -0.3 is 10.0 Å². The lowest BCUT2D eigenvalue weighted by Crippen LogP contribution is -2.34. The lowest BCUT2D eigenvalue weighted by atomic mass is 9.96. The normalized spacial score (nSPS) is 22.9. The molecule has 1 N–H and O–H groups in total. The monoisotopic (exact) mass is 288 g/mol. The summed E-state index contributed by atoms with van der Waals surface area (Å²) in [6.45, 7) is -1.10. The smallest absolute Gasteiger partial charge is 0.394 e. The summed E-state index contributed by atoms with van der Waals surface area (Å²) in [6.07, 6.45) is -1.98. The van der Waals surface area contributed by atoms with E-state index < -0.39 is 43.0 Å². The van der Waals surface area contributed by atoms with E-state index in [1.54, 1.807) is 0 Å². The molecule has 1 aromatic heterocycles. The van der Waals surface area contributed by atoms with E-state index in [1.165, 1.54) is 24.5 Å². The van der Waals surface area contributed by atoms with Gasteiger partial charge in [-0.15, -0.1) is 0 Å². The Balaban J connectivity index is 2.20. The number of nitrogens with zero attached hydrogens (tertiary/aromatic N) is 2. The molecule has 1 aliphatic rings. The molecule has 0 spiro atoms. The van der Waals surface area contributed by atoms with Crippen molar-refractivity contribution in [3.8, 4) is 0 Å². The molecular weight excluding hydrogens is 277 g/mol. The van der Waals surface area contributed by atoms with Crippen molar-refractivity contribution in [1.82, 2.24) is 9.88 Å². The third kappa shape index (κ3) is 2.73. The molecule has 1 amide bonds. The van der Waals surface area contributed by atoms with Gasteiger partial charge in [0.2, 0.25) is 0 Å². The second-order valence-corrected chi connectivity index (χ2v) is 4.54. The number of hydrogen-bond donors (Lipinski definition) is 1. The largest absolute Gasteiger partial charge is 0.481 e. The molecule has 0 saturated carbocycles. The summed E-state index contributed by atoms with van der Waals surface area (Å²) in [4.78, 5) is 27.5. The number of carbonyl (C=O) groups is 2. The number of amides is 1. The van der Waals surface area contributed by atoms with Gasteiger partial charge in [-0.3, -0.25) is 14.6 Å². The van der Waals surface area contributed by atoms with Gasteiger partial charge in [-0.2, -0.15) is 13.2 Å². The van der Waals surface area contributed by atoms with Gasteiger partial charge in [0.1, 0.15) is 0 Å². The SMILES string of the molecule is O=C(O)[C@@H]1CN(C(=O)c2cccnc2)C[C@H]1C(F)(F)F. The summed E-state index contributed by atoms with van der Waals surface area (Å²) in [5.41, 5.74) is 0.138. The standard InChI is InChI=1S/C12H11F3N2O3/c13-12(14,15)9-6-17(5-8(9)11(19)20)10(18)7-2-1-3-16-4-7/h1-4,8-9H,5-6H2,(H,19,20)/t8-,9-/m1/s1. The maximum Gasteiger partial charge on any atom is 0.394 e. The Morgan fingerprint density at radius 1 is 1.35 bits per heavy atom. The number of aromatic nitrogens is 1. The highest BCUT2D eigenvalue weighted by molar-refractivity contribution is 5.94. The van der Waals surface area contributed by atoms with Crippen molar-refractivity contribution >= 4 is 11.9 Å². The van der Waals surface area contributed by atoms with Gasteiger partial charge >= 0.3 is 12.1 Å². The topological polar surface area (TPSA) is 70.5 Å². The summed E-state index contributed by atoms with van der Waals surface area (Å²) in [5, 5.41) is 8.87. The molecule has 0 radical (unpaired) electrons. The molecule has 20 heavy (non-hydrogen) atoms. The van der Waals surface area contributed by atoms with E-state index in [2.05, 4.69) is 4.98 Å². The van der Waals surface area contributed by atoms with Crippen LogP contribution in [0.15, 0.2) is 24.5 Å². The first kappa shape index (κ1) is 14.3. The van der Waals surface area contributed by atoms with Crippen molar-refractivity contribution in [3.63, 3.8) is 0 Å². The highest BCUT2D eigenvalue weighted by Crippen LogP contribution is 2.38. The molecule has 2 rings (SSSR count). The van der Waals surface area contributed by atoms with Crippen LogP contribution in [0.2, 0.25) is 0 Å². The first-order valence-electron chi connectivity index (χ1n) is 5.79. The average Bonchev–Trinajstić information content (AvgIpc) is 2.84. The van der Waals surface area contributed by atoms with E-state index in [-0.39, 0.29) is 5.56 Å². The van der Waals surface area contributed by atoms with Crippen LogP contribution < -0.4 is 0 Å². The number of carbonyl (C=O) groups excluding carboxylic acids is 1. The van der Waals surface area contributed by atoms with Gasteiger partial charge in [0.05, 0.1) is 17.4 Å². The zero-order chi connectivity index (χ0) is 14.9. The highest BCUT2D eigenvalue weighted by Gasteiger charge is 2.53. The lowest BCUT2D eigenvalue weighted by Gasteiger charge is -2.18. The molecule has 0 aromatic carbocycles. The Kier molecular flexibility index (Phi) is 3.65. The number of hydrogen-bond acceptors (Lipinski definition) is 3. The van der Waals surface area contributed by atoms with Crippen molar-refractivity contribution in [1.29, 1.82) is 0 Å². The Labute approximate surface area is 112 Å². The molecule has 108 valence electrons. The van der Waals surface area contributed by atoms with Gasteiger partial charge in [0, 0.05) is 25.5 Å². The summed E-state index contributed by atoms with van der Waals surface area (Å²) >= 11 is 0. The number of likely N-dealkylation sites (tertiary alicyclic amines) is 1. The van der Waals surface area contributed by atoms with E-state index in [0.29, 0.717) is 0 Å². The van der Waals surface area contributed by atoms with Gasteiger partial charge in [-0.1, -0.05) is 0 Å². The summed E-state index contributed by atoms with van der Waals surface area (Å²) in [6, 6.07) is 2.91. The minimum Gasteiger partial charge on any atom is -0.481 e. The molecule has 8 heteroatoms. The average molecular weight is 288 g/mol. The molecule has 1 aromatic rings. The first-order valence-corrected chi connectivity index (χ1v) is 5.79. The molecule has 2 atom stereocenters. The number of aliphatic carboxylic acids is 1. The van der Waals surface area contributed by atoms with Crippen LogP contribution in [-0.2, 0) is 4.79 Å². The fourth-order valence-corrected chi connectivity index (χ4v) is 2.22. The van der Waals surface area contributed by atoms with Crippen LogP contribution in [0.5, 0.6) is 0 Å². The van der Waals surface area contributed by atoms with Crippen LogP contribution in [0.3, 0.4) is 0 Å². The molecule has 0 bridgehead atoms. The quantitative estimate of drug-likeness (QED) is 0.893. The van der Waals surface area contributed by atoms with Crippen molar-refractivity contribution < 1.29 is 27.9 Å². The highest BCUT2D eigenvalue weighted by atomic mass is 19.4. The number of halogens is 3. The number of carboxylic acids is 1. The minimum atomic E-state index is -4.65. The van der Waals surface area contributed by atoms with Gasteiger partial charge in [-0.05, 0) is 12.1 Å². The molecule has 5 nitrogen and oxygen atoms in total.